The van der Waals surface area contributed by atoms with Crippen molar-refractivity contribution in [1.82, 2.24) is 4.98 Å². The van der Waals surface area contributed by atoms with E-state index in [-0.39, 0.29) is 12.4 Å². The van der Waals surface area contributed by atoms with Gasteiger partial charge < -0.3 is 21.9 Å². The van der Waals surface area contributed by atoms with Crippen molar-refractivity contribution in [1.29, 1.82) is 0 Å². The van der Waals surface area contributed by atoms with Gasteiger partial charge in [-0.05, 0) is 12.5 Å². The smallest absolute Gasteiger partial charge is 0.205 e. The Hall–Kier alpha value is -0.510. The fourth-order valence-corrected chi connectivity index (χ4v) is 1.84. The van der Waals surface area contributed by atoms with Crippen LogP contribution in [0.15, 0.2) is 6.20 Å². The second-order valence-corrected chi connectivity index (χ2v) is 4.37. The Morgan fingerprint density at radius 1 is 1.50 bits per heavy atom. The van der Waals surface area contributed by atoms with Gasteiger partial charge in [0.1, 0.15) is 5.75 Å². The van der Waals surface area contributed by atoms with Crippen LogP contribution in [0.4, 0.5) is 0 Å². The molecule has 0 radical (unpaired) electrons. The van der Waals surface area contributed by atoms with Gasteiger partial charge in [0.2, 0.25) is 5.79 Å². The minimum absolute atomic E-state index is 0. The summed E-state index contributed by atoms with van der Waals surface area (Å²) in [6.45, 7) is 6.25. The average molecular weight is 263 g/mol. The van der Waals surface area contributed by atoms with Gasteiger partial charge in [-0.15, -0.1) is 11.6 Å². The van der Waals surface area contributed by atoms with E-state index in [1.807, 2.05) is 20.8 Å². The van der Waals surface area contributed by atoms with Crippen molar-refractivity contribution in [3.05, 3.63) is 23.0 Å². The van der Waals surface area contributed by atoms with Gasteiger partial charge in [0.25, 0.3) is 0 Å². The molecule has 90 valence electrons. The molecule has 0 spiro atoms. The Labute approximate surface area is 107 Å². The number of alkyl halides is 1. The van der Waals surface area contributed by atoms with Crippen LogP contribution in [0.25, 0.3) is 0 Å². The quantitative estimate of drug-likeness (QED) is 0.656. The van der Waals surface area contributed by atoms with Crippen LogP contribution in [0.1, 0.15) is 30.7 Å². The number of fused-ring (bicyclic) bond motifs is 1. The highest BCUT2D eigenvalue weighted by atomic mass is 35.5. The molecule has 1 aliphatic heterocycles. The predicted molar refractivity (Wildman–Crippen MR) is 58.0 cm³/mol. The number of aryl methyl sites for hydroxylation is 1. The molecule has 16 heavy (non-hydrogen) atoms. The van der Waals surface area contributed by atoms with E-state index in [9.17, 15) is 0 Å². The van der Waals surface area contributed by atoms with Gasteiger partial charge in [-0.1, -0.05) is 0 Å². The summed E-state index contributed by atoms with van der Waals surface area (Å²) in [4.78, 5) is 4.26. The van der Waals surface area contributed by atoms with Crippen LogP contribution in [-0.4, -0.2) is 10.8 Å². The summed E-state index contributed by atoms with van der Waals surface area (Å²) in [6, 6.07) is 0. The van der Waals surface area contributed by atoms with Gasteiger partial charge in [0.05, 0.1) is 12.3 Å². The van der Waals surface area contributed by atoms with Crippen molar-refractivity contribution in [3.63, 3.8) is 0 Å². The number of hydrogen-bond donors (Lipinski definition) is 0. The Bertz CT molecular complexity index is 394. The highest BCUT2D eigenvalue weighted by molar-refractivity contribution is 6.17. The van der Waals surface area contributed by atoms with Crippen LogP contribution in [0, 0.1) is 6.92 Å². The van der Waals surface area contributed by atoms with Crippen molar-refractivity contribution in [2.24, 2.45) is 0 Å². The van der Waals surface area contributed by atoms with E-state index >= 15 is 0 Å². The van der Waals surface area contributed by atoms with Gasteiger partial charge in [-0.25, -0.2) is 0 Å². The number of pyridine rings is 1. The molecule has 0 N–H and O–H groups in total. The number of aromatic nitrogens is 1. The molecule has 2 rings (SSSR count). The molecule has 0 unspecified atom stereocenters. The number of ether oxygens (including phenoxy) is 2. The summed E-state index contributed by atoms with van der Waals surface area (Å²) >= 11 is 5.84. The highest BCUT2D eigenvalue weighted by Gasteiger charge is 2.30. The number of halogens is 2. The largest absolute Gasteiger partial charge is 1.00 e. The summed E-state index contributed by atoms with van der Waals surface area (Å²) < 4.78 is 11.3. The van der Waals surface area contributed by atoms with E-state index in [0.29, 0.717) is 12.5 Å². The standard InChI is InChI=1S/C11H14ClNO2.ClH/c1-7-10-9(8(4-12)5-13-7)6-14-11(2,3)15-10;/h5H,4,6H2,1-3H3;1H/p-1. The first kappa shape index (κ1) is 13.6. The van der Waals surface area contributed by atoms with Crippen molar-refractivity contribution in [3.8, 4) is 5.75 Å². The van der Waals surface area contributed by atoms with E-state index in [0.717, 1.165) is 22.6 Å². The maximum Gasteiger partial charge on any atom is 0.205 e. The predicted octanol–water partition coefficient (Wildman–Crippen LogP) is -0.222. The Kier molecular flexibility index (Phi) is 4.05. The van der Waals surface area contributed by atoms with Crippen LogP contribution in [0.5, 0.6) is 5.75 Å². The first-order chi connectivity index (χ1) is 7.03. The van der Waals surface area contributed by atoms with E-state index in [1.165, 1.54) is 0 Å². The minimum atomic E-state index is -0.579. The summed E-state index contributed by atoms with van der Waals surface area (Å²) in [7, 11) is 0. The number of nitrogens with zero attached hydrogens (tertiary/aromatic N) is 1. The van der Waals surface area contributed by atoms with Gasteiger partial charge in [-0.2, -0.15) is 0 Å². The van der Waals surface area contributed by atoms with E-state index < -0.39 is 5.79 Å². The molecule has 0 saturated carbocycles. The molecular weight excluding hydrogens is 249 g/mol. The van der Waals surface area contributed by atoms with E-state index in [1.54, 1.807) is 6.20 Å². The topological polar surface area (TPSA) is 31.4 Å². The Balaban J connectivity index is 0.00000128. The van der Waals surface area contributed by atoms with Gasteiger partial charge in [0, 0.05) is 31.5 Å². The normalized spacial score (nSPS) is 17.0. The lowest BCUT2D eigenvalue weighted by molar-refractivity contribution is -0.180. The zero-order valence-corrected chi connectivity index (χ0v) is 11.0. The highest BCUT2D eigenvalue weighted by Crippen LogP contribution is 2.35. The summed E-state index contributed by atoms with van der Waals surface area (Å²) in [6.07, 6.45) is 1.78. The van der Waals surface area contributed by atoms with Gasteiger partial charge in [-0.3, -0.25) is 4.98 Å². The average Bonchev–Trinajstić information content (AvgIpc) is 2.18. The molecule has 0 atom stereocenters. The maximum absolute atomic E-state index is 5.84. The molecule has 3 nitrogen and oxygen atoms in total. The van der Waals surface area contributed by atoms with E-state index in [4.69, 9.17) is 21.1 Å². The van der Waals surface area contributed by atoms with Crippen LogP contribution in [0.3, 0.4) is 0 Å². The molecule has 0 aliphatic carbocycles. The summed E-state index contributed by atoms with van der Waals surface area (Å²) in [5.74, 6) is 0.678. The number of hydrogen-bond acceptors (Lipinski definition) is 3. The zero-order chi connectivity index (χ0) is 11.1. The SMILES string of the molecule is Cc1ncc(CCl)c2c1OC(C)(C)OC2.[Cl-]. The summed E-state index contributed by atoms with van der Waals surface area (Å²) in [5.41, 5.74) is 2.89. The molecule has 1 aliphatic rings. The lowest BCUT2D eigenvalue weighted by atomic mass is 10.1. The summed E-state index contributed by atoms with van der Waals surface area (Å²) in [5, 5.41) is 0. The third-order valence-electron chi connectivity index (χ3n) is 2.46. The monoisotopic (exact) mass is 262 g/mol. The lowest BCUT2D eigenvalue weighted by Crippen LogP contribution is -3.00. The zero-order valence-electron chi connectivity index (χ0n) is 9.51. The van der Waals surface area contributed by atoms with Gasteiger partial charge in [0.15, 0.2) is 0 Å². The molecule has 0 amide bonds. The van der Waals surface area contributed by atoms with Crippen molar-refractivity contribution in [2.75, 3.05) is 0 Å². The van der Waals surface area contributed by atoms with Crippen LogP contribution >= 0.6 is 11.6 Å². The molecule has 2 heterocycles. The van der Waals surface area contributed by atoms with Crippen molar-refractivity contribution >= 4 is 11.6 Å². The molecular formula is C11H14Cl2NO2-. The van der Waals surface area contributed by atoms with Crippen LogP contribution in [-0.2, 0) is 17.2 Å². The third-order valence-corrected chi connectivity index (χ3v) is 2.75. The molecule has 0 saturated heterocycles. The molecule has 1 aromatic heterocycles. The fourth-order valence-electron chi connectivity index (χ4n) is 1.61. The molecule has 0 bridgehead atoms. The first-order valence-corrected chi connectivity index (χ1v) is 5.43. The molecule has 0 fully saturated rings. The van der Waals surface area contributed by atoms with Gasteiger partial charge >= 0.3 is 0 Å². The molecule has 5 heteroatoms. The molecule has 1 aromatic rings. The fraction of sp³-hybridized carbons (Fsp3) is 0.545. The van der Waals surface area contributed by atoms with Crippen molar-refractivity contribution < 1.29 is 21.9 Å². The Morgan fingerprint density at radius 3 is 2.81 bits per heavy atom. The lowest BCUT2D eigenvalue weighted by Gasteiger charge is -2.33. The minimum Gasteiger partial charge on any atom is -1.00 e. The maximum atomic E-state index is 5.84. The third kappa shape index (κ3) is 2.42. The van der Waals surface area contributed by atoms with Crippen LogP contribution in [0.2, 0.25) is 0 Å². The second kappa shape index (κ2) is 4.78. The Morgan fingerprint density at radius 2 is 2.19 bits per heavy atom. The number of rotatable bonds is 1. The second-order valence-electron chi connectivity index (χ2n) is 4.10. The van der Waals surface area contributed by atoms with E-state index in [2.05, 4.69) is 4.98 Å². The van der Waals surface area contributed by atoms with Crippen molar-refractivity contribution in [2.45, 2.75) is 39.0 Å². The first-order valence-electron chi connectivity index (χ1n) is 4.90. The molecule has 0 aromatic carbocycles. The van der Waals surface area contributed by atoms with Crippen LogP contribution < -0.4 is 17.1 Å².